The van der Waals surface area contributed by atoms with Crippen LogP contribution < -0.4 is 9.88 Å². The maximum Gasteiger partial charge on any atom is 0.224 e. The number of benzene rings is 1. The summed E-state index contributed by atoms with van der Waals surface area (Å²) in [5, 5.41) is 4.29. The van der Waals surface area contributed by atoms with E-state index in [1.807, 2.05) is 31.2 Å². The summed E-state index contributed by atoms with van der Waals surface area (Å²) >= 11 is 0. The van der Waals surface area contributed by atoms with Gasteiger partial charge in [0.2, 0.25) is 15.9 Å². The van der Waals surface area contributed by atoms with Crippen molar-refractivity contribution < 1.29 is 17.9 Å². The molecule has 0 bridgehead atoms. The summed E-state index contributed by atoms with van der Waals surface area (Å²) in [7, 11) is -3.67. The summed E-state index contributed by atoms with van der Waals surface area (Å²) in [5.41, 5.74) is 0.859. The second-order valence-electron chi connectivity index (χ2n) is 4.73. The fraction of sp³-hybridized carbons (Fsp3) is 0.462. The minimum Gasteiger partial charge on any atom is -0.494 e. The third kappa shape index (κ3) is 3.29. The lowest BCUT2D eigenvalue weighted by Crippen LogP contribution is -2.32. The van der Waals surface area contributed by atoms with Crippen LogP contribution in [0, 0.1) is 0 Å². The van der Waals surface area contributed by atoms with Crippen molar-refractivity contribution in [3.63, 3.8) is 0 Å². The van der Waals surface area contributed by atoms with Gasteiger partial charge in [0, 0.05) is 25.1 Å². The molecule has 6 nitrogen and oxygen atoms in total. The topological polar surface area (TPSA) is 89.7 Å². The van der Waals surface area contributed by atoms with Gasteiger partial charge in [-0.3, -0.25) is 4.79 Å². The summed E-state index contributed by atoms with van der Waals surface area (Å²) in [6.45, 7) is 2.89. The van der Waals surface area contributed by atoms with E-state index in [9.17, 15) is 13.2 Å². The number of carbonyl (C=O) groups is 1. The van der Waals surface area contributed by atoms with Crippen molar-refractivity contribution >= 4 is 15.9 Å². The molecule has 110 valence electrons. The highest BCUT2D eigenvalue weighted by atomic mass is 32.2. The normalized spacial score (nSPS) is 19.4. The number of carbonyl (C=O) groups excluding carboxylic acids is 1. The van der Waals surface area contributed by atoms with Crippen LogP contribution in [0.4, 0.5) is 0 Å². The highest BCUT2D eigenvalue weighted by molar-refractivity contribution is 7.89. The molecule has 20 heavy (non-hydrogen) atoms. The first-order chi connectivity index (χ1) is 9.41. The molecule has 1 heterocycles. The average Bonchev–Trinajstić information content (AvgIpc) is 2.74. The molecular formula is C13H18N2O4S. The lowest BCUT2D eigenvalue weighted by atomic mass is 10.2. The van der Waals surface area contributed by atoms with Crippen LogP contribution in [-0.4, -0.2) is 37.6 Å². The Morgan fingerprint density at radius 2 is 2.10 bits per heavy atom. The molecule has 2 rings (SSSR count). The number of nitrogens with zero attached hydrogens (tertiary/aromatic N) is 1. The number of ether oxygens (including phenoxy) is 1. The first-order valence-electron chi connectivity index (χ1n) is 6.42. The Morgan fingerprint density at radius 3 is 2.70 bits per heavy atom. The lowest BCUT2D eigenvalue weighted by Gasteiger charge is -2.18. The SMILES string of the molecule is CCOc1ccccc1CN1CC(S(N)(=O)=O)CC1=O. The second-order valence-corrected chi connectivity index (χ2v) is 6.57. The molecular weight excluding hydrogens is 280 g/mol. The number of primary sulfonamides is 1. The Morgan fingerprint density at radius 1 is 1.40 bits per heavy atom. The van der Waals surface area contributed by atoms with Gasteiger partial charge in [0.1, 0.15) is 11.0 Å². The number of amides is 1. The van der Waals surface area contributed by atoms with Gasteiger partial charge in [-0.2, -0.15) is 0 Å². The molecule has 1 aromatic rings. The van der Waals surface area contributed by atoms with Gasteiger partial charge in [-0.1, -0.05) is 18.2 Å². The molecule has 1 aromatic carbocycles. The molecule has 1 atom stereocenters. The number of hydrogen-bond donors (Lipinski definition) is 1. The maximum absolute atomic E-state index is 11.9. The molecule has 1 amide bonds. The predicted octanol–water partition coefficient (Wildman–Crippen LogP) is 0.475. The molecule has 1 aliphatic heterocycles. The number of likely N-dealkylation sites (tertiary alicyclic amines) is 1. The van der Waals surface area contributed by atoms with Crippen LogP contribution in [0.3, 0.4) is 0 Å². The number of para-hydroxylation sites is 1. The van der Waals surface area contributed by atoms with E-state index in [1.165, 1.54) is 4.90 Å². The Labute approximate surface area is 118 Å². The van der Waals surface area contributed by atoms with Crippen molar-refractivity contribution in [1.82, 2.24) is 4.90 Å². The molecule has 0 spiro atoms. The summed E-state index contributed by atoms with van der Waals surface area (Å²) < 4.78 is 28.1. The van der Waals surface area contributed by atoms with E-state index in [0.717, 1.165) is 5.56 Å². The fourth-order valence-electron chi connectivity index (χ4n) is 2.25. The average molecular weight is 298 g/mol. The van der Waals surface area contributed by atoms with Gasteiger partial charge in [-0.25, -0.2) is 13.6 Å². The molecule has 0 saturated carbocycles. The summed E-state index contributed by atoms with van der Waals surface area (Å²) in [6, 6.07) is 7.40. The van der Waals surface area contributed by atoms with Crippen molar-refractivity contribution in [3.05, 3.63) is 29.8 Å². The van der Waals surface area contributed by atoms with Crippen LogP contribution in [0.2, 0.25) is 0 Å². The van der Waals surface area contributed by atoms with E-state index in [0.29, 0.717) is 18.9 Å². The molecule has 1 unspecified atom stereocenters. The number of rotatable bonds is 5. The summed E-state index contributed by atoms with van der Waals surface area (Å²) in [6.07, 6.45) is -0.0460. The van der Waals surface area contributed by atoms with E-state index in [4.69, 9.17) is 9.88 Å². The van der Waals surface area contributed by atoms with Crippen molar-refractivity contribution in [1.29, 1.82) is 0 Å². The Kier molecular flexibility index (Phi) is 4.29. The number of nitrogens with two attached hydrogens (primary N) is 1. The van der Waals surface area contributed by atoms with Crippen LogP contribution in [0.25, 0.3) is 0 Å². The molecule has 1 saturated heterocycles. The zero-order chi connectivity index (χ0) is 14.8. The highest BCUT2D eigenvalue weighted by Gasteiger charge is 2.36. The van der Waals surface area contributed by atoms with Crippen LogP contribution in [0.5, 0.6) is 5.75 Å². The van der Waals surface area contributed by atoms with Crippen molar-refractivity contribution in [2.24, 2.45) is 5.14 Å². The quantitative estimate of drug-likeness (QED) is 0.856. The smallest absolute Gasteiger partial charge is 0.224 e. The Balaban J connectivity index is 2.13. The predicted molar refractivity (Wildman–Crippen MR) is 74.5 cm³/mol. The highest BCUT2D eigenvalue weighted by Crippen LogP contribution is 2.24. The lowest BCUT2D eigenvalue weighted by molar-refractivity contribution is -0.128. The van der Waals surface area contributed by atoms with Crippen LogP contribution >= 0.6 is 0 Å². The Bertz CT molecular complexity index is 600. The van der Waals surface area contributed by atoms with Gasteiger partial charge in [-0.05, 0) is 13.0 Å². The fourth-order valence-corrected chi connectivity index (χ4v) is 3.01. The van der Waals surface area contributed by atoms with Crippen LogP contribution in [0.1, 0.15) is 18.9 Å². The van der Waals surface area contributed by atoms with Gasteiger partial charge in [0.25, 0.3) is 0 Å². The molecule has 0 aromatic heterocycles. The first kappa shape index (κ1) is 14.8. The van der Waals surface area contributed by atoms with E-state index < -0.39 is 15.3 Å². The molecule has 0 aliphatic carbocycles. The molecule has 7 heteroatoms. The molecule has 2 N–H and O–H groups in total. The van der Waals surface area contributed by atoms with Gasteiger partial charge in [-0.15, -0.1) is 0 Å². The van der Waals surface area contributed by atoms with E-state index in [-0.39, 0.29) is 18.9 Å². The Hall–Kier alpha value is -1.60. The van der Waals surface area contributed by atoms with Gasteiger partial charge in [0.15, 0.2) is 0 Å². The minimum absolute atomic E-state index is 0.0460. The standard InChI is InChI=1S/C13H18N2O4S/c1-2-19-12-6-4-3-5-10(12)8-15-9-11(7-13(15)16)20(14,17)18/h3-6,11H,2,7-9H2,1H3,(H2,14,17,18). The maximum atomic E-state index is 11.9. The van der Waals surface area contributed by atoms with Crippen LogP contribution in [-0.2, 0) is 21.4 Å². The number of sulfonamides is 1. The third-order valence-corrected chi connectivity index (χ3v) is 4.52. The number of hydrogen-bond acceptors (Lipinski definition) is 4. The third-order valence-electron chi connectivity index (χ3n) is 3.28. The summed E-state index contributed by atoms with van der Waals surface area (Å²) in [4.78, 5) is 13.4. The van der Waals surface area contributed by atoms with Crippen molar-refractivity contribution in [3.8, 4) is 5.75 Å². The van der Waals surface area contributed by atoms with Crippen molar-refractivity contribution in [2.45, 2.75) is 25.1 Å². The van der Waals surface area contributed by atoms with Gasteiger partial charge >= 0.3 is 0 Å². The first-order valence-corrected chi connectivity index (χ1v) is 8.03. The largest absolute Gasteiger partial charge is 0.494 e. The molecule has 1 aliphatic rings. The zero-order valence-electron chi connectivity index (χ0n) is 11.3. The van der Waals surface area contributed by atoms with E-state index >= 15 is 0 Å². The summed E-state index contributed by atoms with van der Waals surface area (Å²) in [5.74, 6) is 0.511. The molecule has 0 radical (unpaired) electrons. The van der Waals surface area contributed by atoms with E-state index in [2.05, 4.69) is 0 Å². The van der Waals surface area contributed by atoms with Crippen LogP contribution in [0.15, 0.2) is 24.3 Å². The van der Waals surface area contributed by atoms with Gasteiger partial charge < -0.3 is 9.64 Å². The van der Waals surface area contributed by atoms with Gasteiger partial charge in [0.05, 0.1) is 6.61 Å². The monoisotopic (exact) mass is 298 g/mol. The zero-order valence-corrected chi connectivity index (χ0v) is 12.1. The van der Waals surface area contributed by atoms with E-state index in [1.54, 1.807) is 0 Å². The molecule has 1 fully saturated rings. The second kappa shape index (κ2) is 5.80. The minimum atomic E-state index is -3.67. The van der Waals surface area contributed by atoms with Crippen molar-refractivity contribution in [2.75, 3.05) is 13.2 Å².